The van der Waals surface area contributed by atoms with E-state index < -0.39 is 11.9 Å². The van der Waals surface area contributed by atoms with E-state index in [1.165, 1.54) is 7.11 Å². The molecule has 0 aliphatic carbocycles. The fourth-order valence-corrected chi connectivity index (χ4v) is 3.46. The molecule has 0 spiro atoms. The van der Waals surface area contributed by atoms with Gasteiger partial charge in [-0.25, -0.2) is 9.78 Å². The maximum Gasteiger partial charge on any atom is 0.434 e. The number of carbonyl (C=O) groups is 1. The van der Waals surface area contributed by atoms with Crippen LogP contribution in [0.25, 0.3) is 0 Å². The molecule has 0 saturated carbocycles. The molecule has 0 bridgehead atoms. The van der Waals surface area contributed by atoms with Gasteiger partial charge in [-0.15, -0.1) is 11.3 Å². The van der Waals surface area contributed by atoms with Gasteiger partial charge in [0.1, 0.15) is 0 Å². The van der Waals surface area contributed by atoms with E-state index in [1.54, 1.807) is 4.90 Å². The summed E-state index contributed by atoms with van der Waals surface area (Å²) in [4.78, 5) is 21.2. The van der Waals surface area contributed by atoms with Crippen molar-refractivity contribution in [3.8, 4) is 0 Å². The van der Waals surface area contributed by atoms with Crippen LogP contribution in [0.1, 0.15) is 30.5 Å². The lowest BCUT2D eigenvalue weighted by atomic mass is 10.1. The molecule has 2 rings (SSSR count). The number of nitrogens with one attached hydrogen (secondary N) is 2. The Hall–Kier alpha value is -2.04. The number of hydrogen-bond donors (Lipinski definition) is 2. The molecule has 27 heavy (non-hydrogen) atoms. The molecular formula is C16H24F3N5O2S. The van der Waals surface area contributed by atoms with Gasteiger partial charge in [0, 0.05) is 44.0 Å². The largest absolute Gasteiger partial charge is 0.453 e. The van der Waals surface area contributed by atoms with E-state index in [-0.39, 0.29) is 12.1 Å². The molecule has 1 amide bonds. The Morgan fingerprint density at radius 2 is 2.15 bits per heavy atom. The van der Waals surface area contributed by atoms with Crippen LogP contribution in [-0.2, 0) is 17.3 Å². The van der Waals surface area contributed by atoms with E-state index >= 15 is 0 Å². The number of rotatable bonds is 5. The highest BCUT2D eigenvalue weighted by atomic mass is 32.1. The average Bonchev–Trinajstić information content (AvgIpc) is 3.11. The maximum atomic E-state index is 12.6. The topological polar surface area (TPSA) is 78.9 Å². The summed E-state index contributed by atoms with van der Waals surface area (Å²) in [5.41, 5.74) is -0.853. The standard InChI is InChI=1S/C16H24F3N5O2S/c1-3-20-14(22-11-5-8-24(9-6-11)15(25)26-2)21-7-4-13-23-12(10-27-13)16(17,18)19/h10-11H,3-9H2,1-2H3,(H2,20,21,22). The number of nitrogens with zero attached hydrogens (tertiary/aromatic N) is 3. The van der Waals surface area contributed by atoms with E-state index in [0.717, 1.165) is 29.6 Å². The number of halogens is 3. The highest BCUT2D eigenvalue weighted by Crippen LogP contribution is 2.30. The van der Waals surface area contributed by atoms with Crippen molar-refractivity contribution in [3.05, 3.63) is 16.1 Å². The first kappa shape index (κ1) is 21.3. The molecule has 7 nitrogen and oxygen atoms in total. The van der Waals surface area contributed by atoms with Crippen LogP contribution in [0.5, 0.6) is 0 Å². The number of alkyl halides is 3. The number of ether oxygens (including phenoxy) is 1. The normalized spacial score (nSPS) is 16.3. The molecule has 0 unspecified atom stereocenters. The van der Waals surface area contributed by atoms with Crippen molar-refractivity contribution in [2.24, 2.45) is 4.99 Å². The van der Waals surface area contributed by atoms with Crippen LogP contribution in [0.2, 0.25) is 0 Å². The molecule has 1 aliphatic rings. The number of guanidine groups is 1. The fourth-order valence-electron chi connectivity index (χ4n) is 2.67. The first-order chi connectivity index (χ1) is 12.8. The van der Waals surface area contributed by atoms with E-state index in [4.69, 9.17) is 4.74 Å². The van der Waals surface area contributed by atoms with Crippen molar-refractivity contribution in [2.45, 2.75) is 38.4 Å². The maximum absolute atomic E-state index is 12.6. The molecule has 0 atom stereocenters. The minimum absolute atomic E-state index is 0.167. The smallest absolute Gasteiger partial charge is 0.434 e. The number of amides is 1. The van der Waals surface area contributed by atoms with Crippen molar-refractivity contribution < 1.29 is 22.7 Å². The van der Waals surface area contributed by atoms with Gasteiger partial charge < -0.3 is 20.3 Å². The summed E-state index contributed by atoms with van der Waals surface area (Å²) < 4.78 is 42.4. The average molecular weight is 407 g/mol. The summed E-state index contributed by atoms with van der Waals surface area (Å²) in [7, 11) is 1.36. The Morgan fingerprint density at radius 1 is 1.44 bits per heavy atom. The van der Waals surface area contributed by atoms with Crippen LogP contribution in [0, 0.1) is 0 Å². The number of aliphatic imine (C=N–C) groups is 1. The van der Waals surface area contributed by atoms with Crippen molar-refractivity contribution >= 4 is 23.4 Å². The summed E-state index contributed by atoms with van der Waals surface area (Å²) in [5, 5.41) is 7.88. The van der Waals surface area contributed by atoms with Gasteiger partial charge in [0.2, 0.25) is 0 Å². The van der Waals surface area contributed by atoms with Crippen LogP contribution in [0.15, 0.2) is 10.4 Å². The van der Waals surface area contributed by atoms with Crippen molar-refractivity contribution in [2.75, 3.05) is 33.3 Å². The quantitative estimate of drug-likeness (QED) is 0.579. The van der Waals surface area contributed by atoms with E-state index in [0.29, 0.717) is 43.6 Å². The summed E-state index contributed by atoms with van der Waals surface area (Å²) >= 11 is 0.992. The van der Waals surface area contributed by atoms with Gasteiger partial charge in [0.15, 0.2) is 11.7 Å². The Kier molecular flexibility index (Phi) is 7.69. The zero-order chi connectivity index (χ0) is 19.9. The lowest BCUT2D eigenvalue weighted by Crippen LogP contribution is -2.49. The van der Waals surface area contributed by atoms with Gasteiger partial charge in [-0.05, 0) is 19.8 Å². The highest BCUT2D eigenvalue weighted by Gasteiger charge is 2.33. The molecule has 1 aliphatic heterocycles. The number of carbonyl (C=O) groups excluding carboxylic acids is 1. The minimum atomic E-state index is -4.41. The van der Waals surface area contributed by atoms with Gasteiger partial charge in [0.05, 0.1) is 12.1 Å². The summed E-state index contributed by atoms with van der Waals surface area (Å²) in [6.07, 6.45) is -2.86. The number of hydrogen-bond acceptors (Lipinski definition) is 5. The van der Waals surface area contributed by atoms with Gasteiger partial charge in [0.25, 0.3) is 0 Å². The SMILES string of the molecule is CCNC(=NCCc1nc(C(F)(F)F)cs1)NC1CCN(C(=O)OC)CC1. The molecule has 2 heterocycles. The molecule has 1 aromatic heterocycles. The molecule has 2 N–H and O–H groups in total. The Bertz CT molecular complexity index is 642. The van der Waals surface area contributed by atoms with Crippen LogP contribution in [0.3, 0.4) is 0 Å². The summed E-state index contributed by atoms with van der Waals surface area (Å²) in [5.74, 6) is 0.613. The first-order valence-corrected chi connectivity index (χ1v) is 9.60. The summed E-state index contributed by atoms with van der Waals surface area (Å²) in [6, 6.07) is 0.167. The third kappa shape index (κ3) is 6.56. The monoisotopic (exact) mass is 407 g/mol. The zero-order valence-electron chi connectivity index (χ0n) is 15.3. The molecule has 152 valence electrons. The second-order valence-electron chi connectivity index (χ2n) is 6.01. The van der Waals surface area contributed by atoms with E-state index in [2.05, 4.69) is 20.6 Å². The molecule has 0 radical (unpaired) electrons. The molecule has 1 aromatic rings. The third-order valence-electron chi connectivity index (χ3n) is 4.05. The summed E-state index contributed by atoms with van der Waals surface area (Å²) in [6.45, 7) is 4.14. The second kappa shape index (κ2) is 9.77. The van der Waals surface area contributed by atoms with Gasteiger partial charge in [-0.1, -0.05) is 0 Å². The van der Waals surface area contributed by atoms with E-state index in [1.807, 2.05) is 6.92 Å². The number of methoxy groups -OCH3 is 1. The van der Waals surface area contributed by atoms with Crippen LogP contribution in [-0.4, -0.2) is 61.3 Å². The predicted molar refractivity (Wildman–Crippen MR) is 96.9 cm³/mol. The lowest BCUT2D eigenvalue weighted by Gasteiger charge is -2.32. The molecule has 1 fully saturated rings. The Labute approximate surface area is 160 Å². The molecule has 11 heteroatoms. The lowest BCUT2D eigenvalue weighted by molar-refractivity contribution is -0.140. The Morgan fingerprint density at radius 3 is 2.70 bits per heavy atom. The first-order valence-electron chi connectivity index (χ1n) is 8.72. The number of thiazole rings is 1. The van der Waals surface area contributed by atoms with Crippen LogP contribution >= 0.6 is 11.3 Å². The molecule has 1 saturated heterocycles. The predicted octanol–water partition coefficient (Wildman–Crippen LogP) is 2.49. The van der Waals surface area contributed by atoms with Gasteiger partial charge in [-0.2, -0.15) is 13.2 Å². The van der Waals surface area contributed by atoms with Gasteiger partial charge in [-0.3, -0.25) is 4.99 Å². The number of piperidine rings is 1. The Balaban J connectivity index is 1.84. The number of likely N-dealkylation sites (tertiary alicyclic amines) is 1. The van der Waals surface area contributed by atoms with Crippen LogP contribution in [0.4, 0.5) is 18.0 Å². The van der Waals surface area contributed by atoms with Crippen molar-refractivity contribution in [1.29, 1.82) is 0 Å². The molecule has 0 aromatic carbocycles. The van der Waals surface area contributed by atoms with Crippen molar-refractivity contribution in [1.82, 2.24) is 20.5 Å². The fraction of sp³-hybridized carbons (Fsp3) is 0.688. The van der Waals surface area contributed by atoms with Crippen LogP contribution < -0.4 is 10.6 Å². The van der Waals surface area contributed by atoms with Crippen molar-refractivity contribution in [3.63, 3.8) is 0 Å². The molecular weight excluding hydrogens is 383 g/mol. The zero-order valence-corrected chi connectivity index (χ0v) is 16.1. The minimum Gasteiger partial charge on any atom is -0.453 e. The van der Waals surface area contributed by atoms with Gasteiger partial charge >= 0.3 is 12.3 Å². The second-order valence-corrected chi connectivity index (χ2v) is 6.95. The highest BCUT2D eigenvalue weighted by molar-refractivity contribution is 7.09. The van der Waals surface area contributed by atoms with E-state index in [9.17, 15) is 18.0 Å². The number of aromatic nitrogens is 1. The third-order valence-corrected chi connectivity index (χ3v) is 4.96.